The van der Waals surface area contributed by atoms with Crippen molar-refractivity contribution in [3.8, 4) is 0 Å². The molecule has 1 aromatic carbocycles. The van der Waals surface area contributed by atoms with Crippen molar-refractivity contribution in [1.29, 1.82) is 0 Å². The molecule has 5 heteroatoms. The van der Waals surface area contributed by atoms with Crippen molar-refractivity contribution >= 4 is 11.6 Å². The average molecular weight is 250 g/mol. The highest BCUT2D eigenvalue weighted by molar-refractivity contribution is 6.31. The molecule has 0 aliphatic carbocycles. The van der Waals surface area contributed by atoms with E-state index in [4.69, 9.17) is 16.3 Å². The second kappa shape index (κ2) is 6.78. The minimum absolute atomic E-state index is 0.441. The Kier molecular flexibility index (Phi) is 5.66. The second-order valence-corrected chi connectivity index (χ2v) is 3.70. The number of ether oxygens (including phenoxy) is 1. The van der Waals surface area contributed by atoms with E-state index in [1.807, 2.05) is 0 Å². The fraction of sp³-hybridized carbons (Fsp3) is 0.455. The summed E-state index contributed by atoms with van der Waals surface area (Å²) in [5, 5.41) is 3.41. The molecule has 16 heavy (non-hydrogen) atoms. The summed E-state index contributed by atoms with van der Waals surface area (Å²) in [7, 11) is 1.73. The first kappa shape index (κ1) is 13.4. The van der Waals surface area contributed by atoms with Crippen LogP contribution in [0.15, 0.2) is 24.3 Å². The molecule has 0 aliphatic rings. The topological polar surface area (TPSA) is 21.3 Å². The first-order valence-corrected chi connectivity index (χ1v) is 5.31. The van der Waals surface area contributed by atoms with Crippen LogP contribution >= 0.6 is 11.6 Å². The van der Waals surface area contributed by atoms with Gasteiger partial charge in [0.2, 0.25) is 0 Å². The third-order valence-corrected chi connectivity index (χ3v) is 2.41. The minimum Gasteiger partial charge on any atom is -0.366 e. The number of nitrogens with one attached hydrogen (secondary N) is 1. The summed E-state index contributed by atoms with van der Waals surface area (Å²) in [4.78, 5) is 0. The SMILES string of the molecule is CNCC(OCC(F)F)c1ccccc1Cl. The fourth-order valence-corrected chi connectivity index (χ4v) is 1.63. The number of alkyl halides is 2. The summed E-state index contributed by atoms with van der Waals surface area (Å²) in [5.74, 6) is 0. The molecule has 90 valence electrons. The number of hydrogen-bond acceptors (Lipinski definition) is 2. The maximum absolute atomic E-state index is 12.1. The van der Waals surface area contributed by atoms with E-state index >= 15 is 0 Å². The van der Waals surface area contributed by atoms with Gasteiger partial charge < -0.3 is 10.1 Å². The van der Waals surface area contributed by atoms with Crippen LogP contribution in [-0.2, 0) is 4.74 Å². The zero-order valence-electron chi connectivity index (χ0n) is 8.92. The molecule has 0 spiro atoms. The van der Waals surface area contributed by atoms with Gasteiger partial charge >= 0.3 is 0 Å². The third kappa shape index (κ3) is 4.04. The predicted molar refractivity (Wildman–Crippen MR) is 60.1 cm³/mol. The van der Waals surface area contributed by atoms with Crippen molar-refractivity contribution in [2.45, 2.75) is 12.5 Å². The van der Waals surface area contributed by atoms with E-state index in [1.165, 1.54) is 0 Å². The minimum atomic E-state index is -2.47. The Morgan fingerprint density at radius 2 is 2.06 bits per heavy atom. The van der Waals surface area contributed by atoms with Crippen molar-refractivity contribution in [3.05, 3.63) is 34.9 Å². The highest BCUT2D eigenvalue weighted by Gasteiger charge is 2.16. The number of halogens is 3. The first-order chi connectivity index (χ1) is 7.65. The molecule has 0 saturated heterocycles. The van der Waals surface area contributed by atoms with E-state index < -0.39 is 19.1 Å². The fourth-order valence-electron chi connectivity index (χ4n) is 1.37. The molecule has 1 aromatic rings. The molecule has 1 atom stereocenters. The van der Waals surface area contributed by atoms with Crippen molar-refractivity contribution in [2.24, 2.45) is 0 Å². The van der Waals surface area contributed by atoms with Gasteiger partial charge in [0.25, 0.3) is 6.43 Å². The van der Waals surface area contributed by atoms with E-state index in [2.05, 4.69) is 5.32 Å². The van der Waals surface area contributed by atoms with Crippen LogP contribution in [-0.4, -0.2) is 26.6 Å². The Morgan fingerprint density at radius 3 is 2.62 bits per heavy atom. The summed E-state index contributed by atoms with van der Waals surface area (Å²) in [6.07, 6.45) is -2.92. The standard InChI is InChI=1S/C11H14ClF2NO/c1-15-6-10(16-7-11(13)14)8-4-2-3-5-9(8)12/h2-5,10-11,15H,6-7H2,1H3. The Hall–Kier alpha value is -0.710. The van der Waals surface area contributed by atoms with Crippen LogP contribution in [0.5, 0.6) is 0 Å². The normalized spacial score (nSPS) is 13.1. The number of hydrogen-bond donors (Lipinski definition) is 1. The molecule has 0 radical (unpaired) electrons. The van der Waals surface area contributed by atoms with E-state index in [9.17, 15) is 8.78 Å². The molecule has 0 saturated carbocycles. The van der Waals surface area contributed by atoms with E-state index in [1.54, 1.807) is 31.3 Å². The molecule has 1 rings (SSSR count). The van der Waals surface area contributed by atoms with Crippen LogP contribution in [0, 0.1) is 0 Å². The average Bonchev–Trinajstić information content (AvgIpc) is 2.25. The lowest BCUT2D eigenvalue weighted by molar-refractivity contribution is -0.0239. The number of likely N-dealkylation sites (N-methyl/N-ethyl adjacent to an activating group) is 1. The molecular formula is C11H14ClF2NO. The Labute approximate surface area is 98.6 Å². The Bertz CT molecular complexity index is 323. The molecule has 0 aliphatic heterocycles. The predicted octanol–water partition coefficient (Wildman–Crippen LogP) is 2.88. The molecule has 1 unspecified atom stereocenters. The monoisotopic (exact) mass is 249 g/mol. The zero-order valence-corrected chi connectivity index (χ0v) is 9.68. The van der Waals surface area contributed by atoms with Crippen LogP contribution in [0.2, 0.25) is 5.02 Å². The van der Waals surface area contributed by atoms with Gasteiger partial charge in [-0.2, -0.15) is 0 Å². The van der Waals surface area contributed by atoms with Crippen molar-refractivity contribution in [1.82, 2.24) is 5.32 Å². The van der Waals surface area contributed by atoms with Crippen molar-refractivity contribution in [2.75, 3.05) is 20.2 Å². The van der Waals surface area contributed by atoms with Gasteiger partial charge in [-0.1, -0.05) is 29.8 Å². The third-order valence-electron chi connectivity index (χ3n) is 2.07. The molecule has 0 bridgehead atoms. The molecular weight excluding hydrogens is 236 g/mol. The number of rotatable bonds is 6. The van der Waals surface area contributed by atoms with Crippen LogP contribution < -0.4 is 5.32 Å². The lowest BCUT2D eigenvalue weighted by atomic mass is 10.1. The highest BCUT2D eigenvalue weighted by Crippen LogP contribution is 2.25. The molecule has 0 fully saturated rings. The largest absolute Gasteiger partial charge is 0.366 e. The lowest BCUT2D eigenvalue weighted by Gasteiger charge is -2.18. The number of benzene rings is 1. The van der Waals surface area contributed by atoms with Crippen molar-refractivity contribution in [3.63, 3.8) is 0 Å². The molecule has 2 nitrogen and oxygen atoms in total. The van der Waals surface area contributed by atoms with Crippen LogP contribution in [0.4, 0.5) is 8.78 Å². The highest BCUT2D eigenvalue weighted by atomic mass is 35.5. The van der Waals surface area contributed by atoms with E-state index in [0.29, 0.717) is 11.6 Å². The van der Waals surface area contributed by atoms with E-state index in [-0.39, 0.29) is 0 Å². The van der Waals surface area contributed by atoms with Gasteiger partial charge in [-0.05, 0) is 13.1 Å². The van der Waals surface area contributed by atoms with E-state index in [0.717, 1.165) is 5.56 Å². The smallest absolute Gasteiger partial charge is 0.261 e. The Balaban J connectivity index is 2.73. The van der Waals surface area contributed by atoms with Gasteiger partial charge in [-0.3, -0.25) is 0 Å². The Morgan fingerprint density at radius 1 is 1.38 bits per heavy atom. The molecule has 0 heterocycles. The summed E-state index contributed by atoms with van der Waals surface area (Å²) in [6.45, 7) is -0.145. The van der Waals surface area contributed by atoms with Gasteiger partial charge in [0, 0.05) is 17.1 Å². The molecule has 1 N–H and O–H groups in total. The van der Waals surface area contributed by atoms with Crippen LogP contribution in [0.25, 0.3) is 0 Å². The summed E-state index contributed by atoms with van der Waals surface area (Å²) >= 11 is 5.97. The van der Waals surface area contributed by atoms with Gasteiger partial charge in [0.15, 0.2) is 0 Å². The van der Waals surface area contributed by atoms with Crippen LogP contribution in [0.3, 0.4) is 0 Å². The molecule has 0 aromatic heterocycles. The summed E-state index contributed by atoms with van der Waals surface area (Å²) < 4.78 is 29.3. The summed E-state index contributed by atoms with van der Waals surface area (Å²) in [6, 6.07) is 7.08. The van der Waals surface area contributed by atoms with Crippen LogP contribution in [0.1, 0.15) is 11.7 Å². The summed E-state index contributed by atoms with van der Waals surface area (Å²) in [5.41, 5.74) is 0.721. The van der Waals surface area contributed by atoms with Crippen molar-refractivity contribution < 1.29 is 13.5 Å². The second-order valence-electron chi connectivity index (χ2n) is 3.29. The lowest BCUT2D eigenvalue weighted by Crippen LogP contribution is -2.22. The molecule has 0 amide bonds. The van der Waals surface area contributed by atoms with Gasteiger partial charge in [-0.15, -0.1) is 0 Å². The first-order valence-electron chi connectivity index (χ1n) is 4.94. The van der Waals surface area contributed by atoms with Gasteiger partial charge in [0.05, 0.1) is 6.10 Å². The zero-order chi connectivity index (χ0) is 12.0. The maximum Gasteiger partial charge on any atom is 0.261 e. The maximum atomic E-state index is 12.1. The quantitative estimate of drug-likeness (QED) is 0.837. The van der Waals surface area contributed by atoms with Gasteiger partial charge in [0.1, 0.15) is 6.61 Å². The van der Waals surface area contributed by atoms with Gasteiger partial charge in [-0.25, -0.2) is 8.78 Å².